The van der Waals surface area contributed by atoms with Crippen LogP contribution in [0.25, 0.3) is 0 Å². The van der Waals surface area contributed by atoms with E-state index in [0.29, 0.717) is 25.4 Å². The van der Waals surface area contributed by atoms with Gasteiger partial charge in [-0.3, -0.25) is 9.59 Å². The Labute approximate surface area is 137 Å². The molecule has 0 aliphatic carbocycles. The zero-order chi connectivity index (χ0) is 17.2. The van der Waals surface area contributed by atoms with E-state index in [1.165, 1.54) is 7.11 Å². The lowest BCUT2D eigenvalue weighted by Gasteiger charge is -2.23. The number of rotatable bonds is 9. The largest absolute Gasteiger partial charge is 0.494 e. The summed E-state index contributed by atoms with van der Waals surface area (Å²) < 4.78 is 15.5. The third-order valence-corrected chi connectivity index (χ3v) is 3.33. The first-order chi connectivity index (χ1) is 11.0. The zero-order valence-electron chi connectivity index (χ0n) is 14.2. The molecule has 0 bridgehead atoms. The Morgan fingerprint density at radius 1 is 1.09 bits per heavy atom. The third-order valence-electron chi connectivity index (χ3n) is 3.33. The van der Waals surface area contributed by atoms with Gasteiger partial charge in [-0.25, -0.2) is 0 Å². The van der Waals surface area contributed by atoms with Crippen molar-refractivity contribution in [2.45, 2.75) is 20.8 Å². The Morgan fingerprint density at radius 2 is 1.65 bits per heavy atom. The van der Waals surface area contributed by atoms with Crippen LogP contribution in [0.5, 0.6) is 11.5 Å². The number of ether oxygens (including phenoxy) is 3. The monoisotopic (exact) mass is 323 g/mol. The first-order valence-electron chi connectivity index (χ1n) is 7.73. The Kier molecular flexibility index (Phi) is 7.94. The van der Waals surface area contributed by atoms with Crippen LogP contribution < -0.4 is 9.47 Å². The summed E-state index contributed by atoms with van der Waals surface area (Å²) in [5.41, 5.74) is 0. The van der Waals surface area contributed by atoms with E-state index in [1.807, 2.05) is 13.8 Å². The number of likely N-dealkylation sites (N-methyl/N-ethyl adjacent to an activating group) is 1. The molecule has 0 N–H and O–H groups in total. The number of hydrogen-bond acceptors (Lipinski definition) is 5. The molecule has 1 atom stereocenters. The van der Waals surface area contributed by atoms with E-state index in [1.54, 1.807) is 36.1 Å². The molecule has 1 unspecified atom stereocenters. The van der Waals surface area contributed by atoms with Gasteiger partial charge in [0.05, 0.1) is 19.6 Å². The second-order valence-corrected chi connectivity index (χ2v) is 5.05. The fourth-order valence-electron chi connectivity index (χ4n) is 2.05. The van der Waals surface area contributed by atoms with Gasteiger partial charge in [0.25, 0.3) is 5.91 Å². The third kappa shape index (κ3) is 6.18. The molecule has 1 amide bonds. The number of benzene rings is 1. The number of carbonyl (C=O) groups is 2. The van der Waals surface area contributed by atoms with E-state index in [0.717, 1.165) is 5.75 Å². The molecule has 0 aliphatic rings. The normalized spacial score (nSPS) is 11.5. The van der Waals surface area contributed by atoms with Crippen LogP contribution in [-0.2, 0) is 14.3 Å². The highest BCUT2D eigenvalue weighted by atomic mass is 16.5. The highest BCUT2D eigenvalue weighted by Crippen LogP contribution is 2.17. The second-order valence-electron chi connectivity index (χ2n) is 5.05. The number of nitrogens with zero attached hydrogens (tertiary/aromatic N) is 1. The fraction of sp³-hybridized carbons (Fsp3) is 0.529. The quantitative estimate of drug-likeness (QED) is 0.651. The molecule has 6 nitrogen and oxygen atoms in total. The second kappa shape index (κ2) is 9.71. The van der Waals surface area contributed by atoms with Crippen molar-refractivity contribution in [1.82, 2.24) is 4.90 Å². The molecular formula is C17H25NO5. The van der Waals surface area contributed by atoms with Crippen LogP contribution in [0.2, 0.25) is 0 Å². The maximum atomic E-state index is 12.2. The van der Waals surface area contributed by atoms with E-state index in [9.17, 15) is 9.59 Å². The number of methoxy groups -OCH3 is 1. The maximum absolute atomic E-state index is 12.2. The Bertz CT molecular complexity index is 500. The Hall–Kier alpha value is -2.24. The highest BCUT2D eigenvalue weighted by molar-refractivity contribution is 5.79. The summed E-state index contributed by atoms with van der Waals surface area (Å²) in [7, 11) is 1.34. The lowest BCUT2D eigenvalue weighted by atomic mass is 10.1. The van der Waals surface area contributed by atoms with Crippen molar-refractivity contribution in [2.75, 3.05) is 33.4 Å². The lowest BCUT2D eigenvalue weighted by molar-refractivity contribution is -0.146. The highest BCUT2D eigenvalue weighted by Gasteiger charge is 2.20. The number of amides is 1. The average molecular weight is 323 g/mol. The van der Waals surface area contributed by atoms with Gasteiger partial charge < -0.3 is 19.1 Å². The van der Waals surface area contributed by atoms with Crippen molar-refractivity contribution in [3.8, 4) is 11.5 Å². The smallest absolute Gasteiger partial charge is 0.310 e. The first kappa shape index (κ1) is 18.8. The molecule has 1 rings (SSSR count). The zero-order valence-corrected chi connectivity index (χ0v) is 14.2. The van der Waals surface area contributed by atoms with Crippen LogP contribution >= 0.6 is 0 Å². The van der Waals surface area contributed by atoms with E-state index < -0.39 is 0 Å². The van der Waals surface area contributed by atoms with Crippen LogP contribution in [-0.4, -0.2) is 50.2 Å². The van der Waals surface area contributed by atoms with Gasteiger partial charge in [0.15, 0.2) is 6.61 Å². The SMILES string of the molecule is CCOc1ccc(OCC(=O)N(CC)CC(C)C(=O)OC)cc1. The fourth-order valence-corrected chi connectivity index (χ4v) is 2.05. The van der Waals surface area contributed by atoms with Crippen molar-refractivity contribution in [3.63, 3.8) is 0 Å². The number of esters is 1. The molecule has 1 aromatic carbocycles. The van der Waals surface area contributed by atoms with Gasteiger partial charge in [-0.05, 0) is 38.1 Å². The topological polar surface area (TPSA) is 65.1 Å². The van der Waals surface area contributed by atoms with Crippen molar-refractivity contribution < 1.29 is 23.8 Å². The van der Waals surface area contributed by atoms with Crippen LogP contribution in [0, 0.1) is 5.92 Å². The molecule has 0 spiro atoms. The molecule has 0 radical (unpaired) electrons. The lowest BCUT2D eigenvalue weighted by Crippen LogP contribution is -2.39. The summed E-state index contributed by atoms with van der Waals surface area (Å²) in [5, 5.41) is 0. The predicted molar refractivity (Wildman–Crippen MR) is 86.5 cm³/mol. The molecule has 23 heavy (non-hydrogen) atoms. The van der Waals surface area contributed by atoms with Crippen LogP contribution in [0.3, 0.4) is 0 Å². The molecule has 0 aromatic heterocycles. The van der Waals surface area contributed by atoms with Crippen LogP contribution in [0.4, 0.5) is 0 Å². The molecule has 0 fully saturated rings. The minimum absolute atomic E-state index is 0.0737. The minimum atomic E-state index is -0.366. The molecule has 0 aliphatic heterocycles. The summed E-state index contributed by atoms with van der Waals surface area (Å²) in [6.45, 7) is 6.85. The molecule has 6 heteroatoms. The van der Waals surface area contributed by atoms with Crippen LogP contribution in [0.15, 0.2) is 24.3 Å². The van der Waals surface area contributed by atoms with Gasteiger partial charge >= 0.3 is 5.97 Å². The van der Waals surface area contributed by atoms with Crippen molar-refractivity contribution in [2.24, 2.45) is 5.92 Å². The summed E-state index contributed by atoms with van der Waals surface area (Å²) in [5.74, 6) is 0.488. The van der Waals surface area contributed by atoms with Gasteiger partial charge in [-0.15, -0.1) is 0 Å². The Morgan fingerprint density at radius 3 is 2.13 bits per heavy atom. The van der Waals surface area contributed by atoms with E-state index >= 15 is 0 Å². The average Bonchev–Trinajstić information content (AvgIpc) is 2.58. The van der Waals surface area contributed by atoms with E-state index in [2.05, 4.69) is 4.74 Å². The summed E-state index contributed by atoms with van der Waals surface area (Å²) in [6.07, 6.45) is 0. The molecule has 128 valence electrons. The van der Waals surface area contributed by atoms with Gasteiger partial charge in [0.1, 0.15) is 11.5 Å². The van der Waals surface area contributed by atoms with Gasteiger partial charge in [-0.2, -0.15) is 0 Å². The van der Waals surface area contributed by atoms with E-state index in [-0.39, 0.29) is 24.4 Å². The predicted octanol–water partition coefficient (Wildman–Crippen LogP) is 2.12. The van der Waals surface area contributed by atoms with Crippen molar-refractivity contribution in [3.05, 3.63) is 24.3 Å². The Balaban J connectivity index is 2.51. The van der Waals surface area contributed by atoms with E-state index in [4.69, 9.17) is 9.47 Å². The number of hydrogen-bond donors (Lipinski definition) is 0. The number of carbonyl (C=O) groups excluding carboxylic acids is 2. The molecule has 1 aromatic rings. The van der Waals surface area contributed by atoms with Crippen LogP contribution in [0.1, 0.15) is 20.8 Å². The molecule has 0 heterocycles. The van der Waals surface area contributed by atoms with Gasteiger partial charge in [0.2, 0.25) is 0 Å². The molecule has 0 saturated carbocycles. The van der Waals surface area contributed by atoms with Gasteiger partial charge in [0, 0.05) is 13.1 Å². The summed E-state index contributed by atoms with van der Waals surface area (Å²) in [4.78, 5) is 25.2. The van der Waals surface area contributed by atoms with Crippen molar-refractivity contribution in [1.29, 1.82) is 0 Å². The summed E-state index contributed by atoms with van der Waals surface area (Å²) in [6, 6.07) is 7.09. The maximum Gasteiger partial charge on any atom is 0.310 e. The summed E-state index contributed by atoms with van der Waals surface area (Å²) >= 11 is 0. The molecular weight excluding hydrogens is 298 g/mol. The minimum Gasteiger partial charge on any atom is -0.494 e. The van der Waals surface area contributed by atoms with Crippen molar-refractivity contribution >= 4 is 11.9 Å². The van der Waals surface area contributed by atoms with Gasteiger partial charge in [-0.1, -0.05) is 6.92 Å². The standard InChI is InChI=1S/C17H25NO5/c1-5-18(11-13(3)17(20)21-4)16(19)12-23-15-9-7-14(8-10-15)22-6-2/h7-10,13H,5-6,11-12H2,1-4H3. The molecule has 0 saturated heterocycles. The first-order valence-corrected chi connectivity index (χ1v) is 7.73.